The quantitative estimate of drug-likeness (QED) is 0.698. The Bertz CT molecular complexity index is 288. The predicted molar refractivity (Wildman–Crippen MR) is 80.1 cm³/mol. The minimum Gasteiger partial charge on any atom is -0.383 e. The molecule has 4 heteroatoms. The molecule has 0 saturated heterocycles. The molecule has 3 unspecified atom stereocenters. The van der Waals surface area contributed by atoms with E-state index < -0.39 is 5.54 Å². The molecule has 0 amide bonds. The first-order valence-corrected chi connectivity index (χ1v) is 7.23. The maximum absolute atomic E-state index is 9.42. The van der Waals surface area contributed by atoms with Crippen LogP contribution in [0.5, 0.6) is 0 Å². The summed E-state index contributed by atoms with van der Waals surface area (Å²) in [5.74, 6) is 0. The van der Waals surface area contributed by atoms with Gasteiger partial charge in [0.15, 0.2) is 0 Å². The molecule has 0 aliphatic rings. The molecule has 0 rings (SSSR count). The van der Waals surface area contributed by atoms with E-state index in [4.69, 9.17) is 4.74 Å². The van der Waals surface area contributed by atoms with E-state index in [0.29, 0.717) is 18.1 Å². The number of nitrogens with zero attached hydrogens (tertiary/aromatic N) is 2. The molecule has 3 atom stereocenters. The van der Waals surface area contributed by atoms with E-state index in [1.165, 1.54) is 0 Å². The second-order valence-electron chi connectivity index (χ2n) is 5.93. The Balaban J connectivity index is 4.70. The summed E-state index contributed by atoms with van der Waals surface area (Å²) in [6.07, 6.45) is 0.809. The van der Waals surface area contributed by atoms with Crippen molar-refractivity contribution >= 4 is 0 Å². The van der Waals surface area contributed by atoms with E-state index in [0.717, 1.165) is 19.6 Å². The van der Waals surface area contributed by atoms with E-state index in [1.54, 1.807) is 7.11 Å². The van der Waals surface area contributed by atoms with Gasteiger partial charge in [-0.2, -0.15) is 5.26 Å². The van der Waals surface area contributed by atoms with Crippen molar-refractivity contribution in [2.24, 2.45) is 0 Å². The monoisotopic (exact) mass is 269 g/mol. The molecule has 0 radical (unpaired) electrons. The number of ether oxygens (including phenoxy) is 1. The SMILES string of the molecule is CCN(C(C)COC)C(C)CC(C)(C#N)NC(C)C. The normalized spacial score (nSPS) is 18.1. The van der Waals surface area contributed by atoms with Gasteiger partial charge in [-0.15, -0.1) is 0 Å². The molecule has 0 spiro atoms. The zero-order chi connectivity index (χ0) is 15.1. The summed E-state index contributed by atoms with van der Waals surface area (Å²) in [6, 6.07) is 3.44. The summed E-state index contributed by atoms with van der Waals surface area (Å²) < 4.78 is 5.24. The molecule has 0 saturated carbocycles. The molecule has 1 N–H and O–H groups in total. The Hall–Kier alpha value is -0.630. The zero-order valence-electron chi connectivity index (χ0n) is 13.7. The molecular weight excluding hydrogens is 238 g/mol. The van der Waals surface area contributed by atoms with Crippen molar-refractivity contribution in [3.8, 4) is 6.07 Å². The van der Waals surface area contributed by atoms with E-state index in [1.807, 2.05) is 6.92 Å². The third-order valence-corrected chi connectivity index (χ3v) is 3.46. The van der Waals surface area contributed by atoms with Gasteiger partial charge in [0.25, 0.3) is 0 Å². The third-order valence-electron chi connectivity index (χ3n) is 3.46. The molecule has 0 aromatic rings. The molecule has 0 aliphatic carbocycles. The first-order valence-electron chi connectivity index (χ1n) is 7.23. The van der Waals surface area contributed by atoms with Gasteiger partial charge in [0.05, 0.1) is 12.7 Å². The van der Waals surface area contributed by atoms with Crippen LogP contribution < -0.4 is 5.32 Å². The zero-order valence-corrected chi connectivity index (χ0v) is 13.7. The highest BCUT2D eigenvalue weighted by atomic mass is 16.5. The van der Waals surface area contributed by atoms with Gasteiger partial charge in [-0.05, 0) is 47.6 Å². The van der Waals surface area contributed by atoms with Crippen LogP contribution in [0.25, 0.3) is 0 Å². The molecule has 0 aromatic carbocycles. The van der Waals surface area contributed by atoms with Crippen molar-refractivity contribution in [3.63, 3.8) is 0 Å². The fourth-order valence-corrected chi connectivity index (χ4v) is 2.88. The number of rotatable bonds is 9. The van der Waals surface area contributed by atoms with Crippen molar-refractivity contribution in [1.82, 2.24) is 10.2 Å². The summed E-state index contributed by atoms with van der Waals surface area (Å²) in [7, 11) is 1.73. The van der Waals surface area contributed by atoms with Crippen LogP contribution in [0.4, 0.5) is 0 Å². The van der Waals surface area contributed by atoms with Gasteiger partial charge in [-0.25, -0.2) is 0 Å². The lowest BCUT2D eigenvalue weighted by Gasteiger charge is -2.37. The maximum Gasteiger partial charge on any atom is 0.105 e. The first-order chi connectivity index (χ1) is 8.79. The van der Waals surface area contributed by atoms with Crippen LogP contribution >= 0.6 is 0 Å². The summed E-state index contributed by atoms with van der Waals surface area (Å²) in [6.45, 7) is 14.3. The van der Waals surface area contributed by atoms with Gasteiger partial charge in [-0.3, -0.25) is 10.2 Å². The molecule has 0 aromatic heterocycles. The van der Waals surface area contributed by atoms with Gasteiger partial charge >= 0.3 is 0 Å². The fraction of sp³-hybridized carbons (Fsp3) is 0.933. The Kier molecular flexibility index (Phi) is 8.24. The lowest BCUT2D eigenvalue weighted by molar-refractivity contribution is 0.0688. The second-order valence-corrected chi connectivity index (χ2v) is 5.93. The second kappa shape index (κ2) is 8.52. The summed E-state index contributed by atoms with van der Waals surface area (Å²) in [5.41, 5.74) is -0.478. The van der Waals surface area contributed by atoms with Gasteiger partial charge in [0.2, 0.25) is 0 Å². The smallest absolute Gasteiger partial charge is 0.105 e. The highest BCUT2D eigenvalue weighted by molar-refractivity contribution is 5.06. The van der Waals surface area contributed by atoms with E-state index >= 15 is 0 Å². The van der Waals surface area contributed by atoms with Gasteiger partial charge in [0.1, 0.15) is 5.54 Å². The number of hydrogen-bond acceptors (Lipinski definition) is 4. The molecule has 19 heavy (non-hydrogen) atoms. The van der Waals surface area contributed by atoms with Crippen LogP contribution in [-0.4, -0.2) is 48.8 Å². The van der Waals surface area contributed by atoms with Crippen LogP contribution in [0.2, 0.25) is 0 Å². The van der Waals surface area contributed by atoms with E-state index in [2.05, 4.69) is 50.9 Å². The lowest BCUT2D eigenvalue weighted by atomic mass is 9.93. The lowest BCUT2D eigenvalue weighted by Crippen LogP contribution is -2.51. The first kappa shape index (κ1) is 18.4. The molecule has 0 bridgehead atoms. The highest BCUT2D eigenvalue weighted by Crippen LogP contribution is 2.18. The van der Waals surface area contributed by atoms with Crippen molar-refractivity contribution in [3.05, 3.63) is 0 Å². The van der Waals surface area contributed by atoms with Crippen LogP contribution in [0.1, 0.15) is 48.0 Å². The van der Waals surface area contributed by atoms with E-state index in [9.17, 15) is 5.26 Å². The Morgan fingerprint density at radius 2 is 1.84 bits per heavy atom. The van der Waals surface area contributed by atoms with Gasteiger partial charge in [-0.1, -0.05) is 6.92 Å². The molecule has 4 nitrogen and oxygen atoms in total. The Morgan fingerprint density at radius 1 is 1.26 bits per heavy atom. The number of methoxy groups -OCH3 is 1. The molecule has 0 aliphatic heterocycles. The highest BCUT2D eigenvalue weighted by Gasteiger charge is 2.30. The Labute approximate surface area is 119 Å². The Morgan fingerprint density at radius 3 is 2.21 bits per heavy atom. The summed E-state index contributed by atoms with van der Waals surface area (Å²) in [5, 5.41) is 12.8. The topological polar surface area (TPSA) is 48.3 Å². The molecule has 0 fully saturated rings. The predicted octanol–water partition coefficient (Wildman–Crippen LogP) is 2.40. The van der Waals surface area contributed by atoms with Gasteiger partial charge in [0, 0.05) is 25.2 Å². The van der Waals surface area contributed by atoms with Crippen LogP contribution in [-0.2, 0) is 4.74 Å². The van der Waals surface area contributed by atoms with Crippen molar-refractivity contribution in [1.29, 1.82) is 5.26 Å². The summed E-state index contributed by atoms with van der Waals surface area (Å²) in [4.78, 5) is 2.39. The number of likely N-dealkylation sites (N-methyl/N-ethyl adjacent to an activating group) is 1. The third kappa shape index (κ3) is 6.38. The number of nitriles is 1. The van der Waals surface area contributed by atoms with Crippen molar-refractivity contribution in [2.45, 2.75) is 71.6 Å². The average molecular weight is 269 g/mol. The van der Waals surface area contributed by atoms with E-state index in [-0.39, 0.29) is 0 Å². The van der Waals surface area contributed by atoms with Crippen LogP contribution in [0.3, 0.4) is 0 Å². The van der Waals surface area contributed by atoms with Crippen molar-refractivity contribution < 1.29 is 4.74 Å². The van der Waals surface area contributed by atoms with Crippen molar-refractivity contribution in [2.75, 3.05) is 20.3 Å². The van der Waals surface area contributed by atoms with Gasteiger partial charge < -0.3 is 4.74 Å². The summed E-state index contributed by atoms with van der Waals surface area (Å²) >= 11 is 0. The minimum atomic E-state index is -0.478. The number of nitrogens with one attached hydrogen (secondary N) is 1. The maximum atomic E-state index is 9.42. The standard InChI is InChI=1S/C15H31N3O/c1-8-18(14(5)10-19-7)13(4)9-15(6,11-16)17-12(2)3/h12-14,17H,8-10H2,1-7H3. The average Bonchev–Trinajstić information content (AvgIpc) is 2.28. The largest absolute Gasteiger partial charge is 0.383 e. The molecule has 112 valence electrons. The molecule has 0 heterocycles. The van der Waals surface area contributed by atoms with Crippen LogP contribution in [0, 0.1) is 11.3 Å². The van der Waals surface area contributed by atoms with Crippen LogP contribution in [0.15, 0.2) is 0 Å². The number of hydrogen-bond donors (Lipinski definition) is 1. The fourth-order valence-electron chi connectivity index (χ4n) is 2.88. The molecular formula is C15H31N3O. The minimum absolute atomic E-state index is 0.309.